The van der Waals surface area contributed by atoms with Gasteiger partial charge in [-0.1, -0.05) is 0 Å². The van der Waals surface area contributed by atoms with Gasteiger partial charge in [-0.15, -0.1) is 0 Å². The van der Waals surface area contributed by atoms with Crippen LogP contribution in [0.25, 0.3) is 11.0 Å². The van der Waals surface area contributed by atoms with Gasteiger partial charge in [0.05, 0.1) is 11.0 Å². The number of ketones is 1. The van der Waals surface area contributed by atoms with Crippen LogP contribution >= 0.6 is 0 Å². The van der Waals surface area contributed by atoms with Crippen molar-refractivity contribution >= 4 is 16.8 Å². The van der Waals surface area contributed by atoms with Crippen molar-refractivity contribution in [3.05, 3.63) is 34.2 Å². The molecule has 3 N–H and O–H groups in total. The molecule has 1 aromatic carbocycles. The number of rotatable bonds is 2. The Bertz CT molecular complexity index is 601. The van der Waals surface area contributed by atoms with E-state index < -0.39 is 5.60 Å². The first-order valence-corrected chi connectivity index (χ1v) is 4.87. The van der Waals surface area contributed by atoms with Crippen LogP contribution in [0, 0.1) is 0 Å². The molecular weight excluding hydrogens is 208 g/mol. The van der Waals surface area contributed by atoms with Gasteiger partial charge < -0.3 is 15.1 Å². The van der Waals surface area contributed by atoms with Crippen LogP contribution in [0.4, 0.5) is 0 Å². The Hall–Kier alpha value is -1.88. The highest BCUT2D eigenvalue weighted by Crippen LogP contribution is 2.16. The van der Waals surface area contributed by atoms with E-state index in [1.807, 2.05) is 0 Å². The Morgan fingerprint density at radius 1 is 1.25 bits per heavy atom. The zero-order valence-electron chi connectivity index (χ0n) is 9.00. The zero-order chi connectivity index (χ0) is 11.9. The minimum atomic E-state index is -1.41. The molecule has 0 radical (unpaired) electrons. The average Bonchev–Trinajstić information content (AvgIpc) is 2.54. The lowest BCUT2D eigenvalue weighted by molar-refractivity contribution is 0.0488. The van der Waals surface area contributed by atoms with Crippen molar-refractivity contribution in [1.29, 1.82) is 0 Å². The van der Waals surface area contributed by atoms with Crippen molar-refractivity contribution in [2.75, 3.05) is 0 Å². The first-order chi connectivity index (χ1) is 7.38. The molecule has 0 bridgehead atoms. The van der Waals surface area contributed by atoms with Crippen LogP contribution in [0.3, 0.4) is 0 Å². The van der Waals surface area contributed by atoms with Gasteiger partial charge in [-0.3, -0.25) is 4.79 Å². The van der Waals surface area contributed by atoms with Crippen molar-refractivity contribution in [3.63, 3.8) is 0 Å². The molecule has 5 nitrogen and oxygen atoms in total. The summed E-state index contributed by atoms with van der Waals surface area (Å²) in [4.78, 5) is 27.9. The van der Waals surface area contributed by atoms with Crippen molar-refractivity contribution < 1.29 is 9.90 Å². The molecule has 0 fully saturated rings. The van der Waals surface area contributed by atoms with Crippen LogP contribution in [0.15, 0.2) is 23.0 Å². The number of benzene rings is 1. The predicted molar refractivity (Wildman–Crippen MR) is 59.5 cm³/mol. The number of hydrogen-bond donors (Lipinski definition) is 3. The number of hydrogen-bond acceptors (Lipinski definition) is 3. The molecule has 0 unspecified atom stereocenters. The van der Waals surface area contributed by atoms with Gasteiger partial charge in [-0.25, -0.2) is 4.79 Å². The van der Waals surface area contributed by atoms with E-state index in [-0.39, 0.29) is 11.5 Å². The number of carbonyl (C=O) groups excluding carboxylic acids is 1. The normalized spacial score (nSPS) is 11.9. The summed E-state index contributed by atoms with van der Waals surface area (Å²) in [5, 5.41) is 9.59. The van der Waals surface area contributed by atoms with E-state index in [1.165, 1.54) is 13.8 Å². The van der Waals surface area contributed by atoms with E-state index >= 15 is 0 Å². The van der Waals surface area contributed by atoms with Gasteiger partial charge in [0.2, 0.25) is 0 Å². The summed E-state index contributed by atoms with van der Waals surface area (Å²) in [6.07, 6.45) is 0. The van der Waals surface area contributed by atoms with Crippen LogP contribution in [-0.2, 0) is 0 Å². The van der Waals surface area contributed by atoms with Crippen molar-refractivity contribution in [2.24, 2.45) is 0 Å². The molecule has 1 heterocycles. The smallest absolute Gasteiger partial charge is 0.323 e. The van der Waals surface area contributed by atoms with Gasteiger partial charge in [0, 0.05) is 5.56 Å². The molecule has 0 saturated heterocycles. The molecule has 0 aliphatic heterocycles. The molecule has 0 spiro atoms. The molecule has 16 heavy (non-hydrogen) atoms. The average molecular weight is 220 g/mol. The number of nitrogens with one attached hydrogen (secondary N) is 2. The number of imidazole rings is 1. The monoisotopic (exact) mass is 220 g/mol. The zero-order valence-corrected chi connectivity index (χ0v) is 9.00. The van der Waals surface area contributed by atoms with Crippen LogP contribution in [-0.4, -0.2) is 26.5 Å². The van der Waals surface area contributed by atoms with E-state index in [1.54, 1.807) is 18.2 Å². The number of aliphatic hydroxyl groups is 1. The quantitative estimate of drug-likeness (QED) is 0.654. The highest BCUT2D eigenvalue weighted by Gasteiger charge is 2.25. The molecule has 2 rings (SSSR count). The summed E-state index contributed by atoms with van der Waals surface area (Å²) in [5.74, 6) is -0.378. The lowest BCUT2D eigenvalue weighted by Crippen LogP contribution is -2.30. The van der Waals surface area contributed by atoms with Crippen LogP contribution < -0.4 is 5.69 Å². The molecule has 0 aliphatic carbocycles. The third kappa shape index (κ3) is 1.77. The van der Waals surface area contributed by atoms with Gasteiger partial charge in [-0.05, 0) is 32.0 Å². The van der Waals surface area contributed by atoms with E-state index in [4.69, 9.17) is 0 Å². The summed E-state index contributed by atoms with van der Waals surface area (Å²) in [6.45, 7) is 2.86. The molecule has 1 aromatic heterocycles. The van der Waals surface area contributed by atoms with Gasteiger partial charge in [0.25, 0.3) is 0 Å². The molecular formula is C11H12N2O3. The topological polar surface area (TPSA) is 85.9 Å². The van der Waals surface area contributed by atoms with Crippen molar-refractivity contribution in [3.8, 4) is 0 Å². The third-order valence-corrected chi connectivity index (χ3v) is 2.33. The lowest BCUT2D eigenvalue weighted by atomic mass is 9.97. The fourth-order valence-electron chi connectivity index (χ4n) is 1.53. The second kappa shape index (κ2) is 3.31. The van der Waals surface area contributed by atoms with E-state index in [2.05, 4.69) is 9.97 Å². The van der Waals surface area contributed by atoms with E-state index in [0.29, 0.717) is 16.6 Å². The number of aromatic nitrogens is 2. The second-order valence-electron chi connectivity index (χ2n) is 4.23. The highest BCUT2D eigenvalue weighted by molar-refractivity contribution is 6.03. The van der Waals surface area contributed by atoms with E-state index in [0.717, 1.165) is 0 Å². The number of aromatic amines is 2. The Morgan fingerprint density at radius 2 is 1.88 bits per heavy atom. The standard InChI is InChI=1S/C11H12N2O3/c1-11(2,16)9(14)6-3-4-7-8(5-6)13-10(15)12-7/h3-5,16H,1-2H3,(H2,12,13,15). The maximum atomic E-state index is 11.8. The number of fused-ring (bicyclic) bond motifs is 1. The summed E-state index contributed by atoms with van der Waals surface area (Å²) in [5.41, 5.74) is -0.167. The molecule has 2 aromatic rings. The molecule has 5 heteroatoms. The predicted octanol–water partition coefficient (Wildman–Crippen LogP) is 0.810. The van der Waals surface area contributed by atoms with Gasteiger partial charge in [-0.2, -0.15) is 0 Å². The van der Waals surface area contributed by atoms with Crippen molar-refractivity contribution in [2.45, 2.75) is 19.4 Å². The second-order valence-corrected chi connectivity index (χ2v) is 4.23. The fraction of sp³-hybridized carbons (Fsp3) is 0.273. The van der Waals surface area contributed by atoms with Gasteiger partial charge in [0.15, 0.2) is 5.78 Å². The molecule has 84 valence electrons. The lowest BCUT2D eigenvalue weighted by Gasteiger charge is -2.15. The Kier molecular flexibility index (Phi) is 2.20. The minimum Gasteiger partial charge on any atom is -0.382 e. The maximum Gasteiger partial charge on any atom is 0.323 e. The molecule has 0 amide bonds. The summed E-state index contributed by atoms with van der Waals surface area (Å²) in [7, 11) is 0. The van der Waals surface area contributed by atoms with Gasteiger partial charge >= 0.3 is 5.69 Å². The van der Waals surface area contributed by atoms with Crippen molar-refractivity contribution in [1.82, 2.24) is 9.97 Å². The minimum absolute atomic E-state index is 0.317. The third-order valence-electron chi connectivity index (χ3n) is 2.33. The fourth-order valence-corrected chi connectivity index (χ4v) is 1.53. The molecule has 0 atom stereocenters. The Balaban J connectivity index is 2.55. The van der Waals surface area contributed by atoms with Gasteiger partial charge in [0.1, 0.15) is 5.60 Å². The van der Waals surface area contributed by atoms with E-state index in [9.17, 15) is 14.7 Å². The summed E-state index contributed by atoms with van der Waals surface area (Å²) >= 11 is 0. The first-order valence-electron chi connectivity index (χ1n) is 4.87. The summed E-state index contributed by atoms with van der Waals surface area (Å²) < 4.78 is 0. The van der Waals surface area contributed by atoms with Crippen LogP contribution in [0.1, 0.15) is 24.2 Å². The number of Topliss-reactive ketones (excluding diaryl/α,β-unsaturated/α-hetero) is 1. The van der Waals surface area contributed by atoms with Crippen LogP contribution in [0.5, 0.6) is 0 Å². The largest absolute Gasteiger partial charge is 0.382 e. The molecule has 0 aliphatic rings. The maximum absolute atomic E-state index is 11.8. The first kappa shape index (κ1) is 10.6. The SMILES string of the molecule is CC(C)(O)C(=O)c1ccc2[nH]c(=O)[nH]c2c1. The molecule has 0 saturated carbocycles. The number of carbonyl (C=O) groups is 1. The Labute approximate surface area is 91.1 Å². The summed E-state index contributed by atoms with van der Waals surface area (Å²) in [6, 6.07) is 4.76. The highest BCUT2D eigenvalue weighted by atomic mass is 16.3. The number of H-pyrrole nitrogens is 2. The van der Waals surface area contributed by atoms with Crippen LogP contribution in [0.2, 0.25) is 0 Å². The Morgan fingerprint density at radius 3 is 2.50 bits per heavy atom.